The van der Waals surface area contributed by atoms with Gasteiger partial charge in [0.05, 0.1) is 6.20 Å². The number of hydrogen-bond acceptors (Lipinski definition) is 7. The molecule has 2 aromatic rings. The molecule has 0 saturated heterocycles. The molecule has 2 heterocycles. The first-order valence-corrected chi connectivity index (χ1v) is 4.71. The minimum atomic E-state index is -0.367. The number of nitrogen functional groups attached to an aromatic ring is 1. The minimum Gasteiger partial charge on any atom is -0.382 e. The monoisotopic (exact) mass is 222 g/mol. The second kappa shape index (κ2) is 3.96. The van der Waals surface area contributed by atoms with Crippen LogP contribution in [-0.4, -0.2) is 25.7 Å². The first kappa shape index (κ1) is 9.46. The Morgan fingerprint density at radius 3 is 2.87 bits per heavy atom. The Hall–Kier alpha value is -2.09. The highest BCUT2D eigenvalue weighted by atomic mass is 32.1. The summed E-state index contributed by atoms with van der Waals surface area (Å²) in [6, 6.07) is 3.00. The predicted octanol–water partition coefficient (Wildman–Crippen LogP) is 0.163. The number of anilines is 2. The van der Waals surface area contributed by atoms with Gasteiger partial charge in [0, 0.05) is 11.5 Å². The number of hydrogen-bond donors (Lipinski definition) is 2. The molecule has 2 aromatic heterocycles. The van der Waals surface area contributed by atoms with Crippen molar-refractivity contribution in [2.24, 2.45) is 0 Å². The SMILES string of the molecule is Nc1ccc(C(=O)Nc2cnns2)nn1. The number of nitrogens with zero attached hydrogens (tertiary/aromatic N) is 4. The first-order chi connectivity index (χ1) is 7.25. The highest BCUT2D eigenvalue weighted by molar-refractivity contribution is 7.10. The molecule has 3 N–H and O–H groups in total. The fourth-order valence-corrected chi connectivity index (χ4v) is 1.28. The van der Waals surface area contributed by atoms with Gasteiger partial charge in [-0.05, 0) is 12.1 Å². The van der Waals surface area contributed by atoms with Crippen LogP contribution in [0.15, 0.2) is 18.3 Å². The molecule has 0 unspecified atom stereocenters. The Kier molecular flexibility index (Phi) is 2.50. The number of carbonyl (C=O) groups is 1. The van der Waals surface area contributed by atoms with Gasteiger partial charge in [-0.25, -0.2) is 0 Å². The van der Waals surface area contributed by atoms with E-state index < -0.39 is 0 Å². The summed E-state index contributed by atoms with van der Waals surface area (Å²) in [4.78, 5) is 11.5. The number of amides is 1. The lowest BCUT2D eigenvalue weighted by atomic mass is 10.3. The zero-order valence-electron chi connectivity index (χ0n) is 7.41. The van der Waals surface area contributed by atoms with Crippen LogP contribution < -0.4 is 11.1 Å². The molecule has 0 fully saturated rings. The molecular formula is C7H6N6OS. The maximum atomic E-state index is 11.5. The van der Waals surface area contributed by atoms with E-state index in [9.17, 15) is 4.79 Å². The molecule has 0 aromatic carbocycles. The molecule has 0 saturated carbocycles. The van der Waals surface area contributed by atoms with E-state index in [2.05, 4.69) is 25.1 Å². The van der Waals surface area contributed by atoms with Gasteiger partial charge < -0.3 is 11.1 Å². The van der Waals surface area contributed by atoms with Gasteiger partial charge >= 0.3 is 0 Å². The van der Waals surface area contributed by atoms with Crippen molar-refractivity contribution in [2.45, 2.75) is 0 Å². The molecule has 0 aliphatic rings. The lowest BCUT2D eigenvalue weighted by Crippen LogP contribution is -2.13. The highest BCUT2D eigenvalue weighted by Crippen LogP contribution is 2.10. The molecule has 76 valence electrons. The van der Waals surface area contributed by atoms with Crippen molar-refractivity contribution >= 4 is 28.3 Å². The van der Waals surface area contributed by atoms with Crippen LogP contribution in [0, 0.1) is 0 Å². The second-order valence-corrected chi connectivity index (χ2v) is 3.37. The Balaban J connectivity index is 2.11. The molecule has 0 spiro atoms. The van der Waals surface area contributed by atoms with Gasteiger partial charge in [0.1, 0.15) is 10.8 Å². The fourth-order valence-electron chi connectivity index (χ4n) is 0.862. The highest BCUT2D eigenvalue weighted by Gasteiger charge is 2.08. The van der Waals surface area contributed by atoms with E-state index in [-0.39, 0.29) is 17.4 Å². The third-order valence-corrected chi connectivity index (χ3v) is 2.10. The number of rotatable bonds is 2. The number of carbonyl (C=O) groups excluding carboxylic acids is 1. The fraction of sp³-hybridized carbons (Fsp3) is 0. The smallest absolute Gasteiger partial charge is 0.276 e. The van der Waals surface area contributed by atoms with Crippen LogP contribution in [0.5, 0.6) is 0 Å². The molecule has 7 nitrogen and oxygen atoms in total. The van der Waals surface area contributed by atoms with Crippen molar-refractivity contribution in [1.82, 2.24) is 19.8 Å². The summed E-state index contributed by atoms with van der Waals surface area (Å²) in [5.74, 6) is -0.0976. The Bertz CT molecular complexity index is 453. The molecular weight excluding hydrogens is 216 g/mol. The van der Waals surface area contributed by atoms with Crippen LogP contribution in [0.1, 0.15) is 10.5 Å². The Labute approximate surface area is 88.5 Å². The summed E-state index contributed by atoms with van der Waals surface area (Å²) < 4.78 is 3.60. The summed E-state index contributed by atoms with van der Waals surface area (Å²) in [5, 5.41) is 13.9. The lowest BCUT2D eigenvalue weighted by molar-refractivity contribution is 0.102. The van der Waals surface area contributed by atoms with E-state index in [0.29, 0.717) is 5.00 Å². The van der Waals surface area contributed by atoms with Crippen LogP contribution in [-0.2, 0) is 0 Å². The minimum absolute atomic E-state index is 0.192. The topological polar surface area (TPSA) is 107 Å². The van der Waals surface area contributed by atoms with Gasteiger partial charge in [-0.2, -0.15) is 0 Å². The van der Waals surface area contributed by atoms with Crippen molar-refractivity contribution in [2.75, 3.05) is 11.1 Å². The van der Waals surface area contributed by atoms with E-state index in [4.69, 9.17) is 5.73 Å². The van der Waals surface area contributed by atoms with Crippen LogP contribution in [0.4, 0.5) is 10.8 Å². The average Bonchev–Trinajstić information content (AvgIpc) is 2.71. The molecule has 0 aliphatic heterocycles. The van der Waals surface area contributed by atoms with Gasteiger partial charge in [0.15, 0.2) is 5.69 Å². The molecule has 0 atom stereocenters. The molecule has 8 heteroatoms. The number of nitrogens with two attached hydrogens (primary N) is 1. The van der Waals surface area contributed by atoms with Crippen molar-refractivity contribution in [3.63, 3.8) is 0 Å². The third kappa shape index (κ3) is 2.23. The second-order valence-electron chi connectivity index (χ2n) is 2.58. The van der Waals surface area contributed by atoms with Crippen LogP contribution >= 0.6 is 11.5 Å². The molecule has 15 heavy (non-hydrogen) atoms. The normalized spacial score (nSPS) is 9.87. The summed E-state index contributed by atoms with van der Waals surface area (Å²) >= 11 is 1.08. The van der Waals surface area contributed by atoms with Gasteiger partial charge in [-0.1, -0.05) is 4.49 Å². The Morgan fingerprint density at radius 1 is 1.40 bits per heavy atom. The van der Waals surface area contributed by atoms with E-state index in [1.165, 1.54) is 18.3 Å². The van der Waals surface area contributed by atoms with Gasteiger partial charge in [-0.15, -0.1) is 15.3 Å². The van der Waals surface area contributed by atoms with Gasteiger partial charge in [0.25, 0.3) is 5.91 Å². The summed E-state index contributed by atoms with van der Waals surface area (Å²) in [6.07, 6.45) is 1.45. The van der Waals surface area contributed by atoms with Gasteiger partial charge in [-0.3, -0.25) is 4.79 Å². The summed E-state index contributed by atoms with van der Waals surface area (Å²) in [5.41, 5.74) is 5.53. The standard InChI is InChI=1S/C7H6N6OS/c8-5-2-1-4(11-12-5)7(14)10-6-3-9-13-15-6/h1-3H,(H2,8,12)(H,10,14). The van der Waals surface area contributed by atoms with E-state index >= 15 is 0 Å². The molecule has 0 bridgehead atoms. The largest absolute Gasteiger partial charge is 0.382 e. The van der Waals surface area contributed by atoms with Crippen LogP contribution in [0.3, 0.4) is 0 Å². The number of aromatic nitrogens is 4. The van der Waals surface area contributed by atoms with Gasteiger partial charge in [0.2, 0.25) is 0 Å². The first-order valence-electron chi connectivity index (χ1n) is 3.93. The summed E-state index contributed by atoms with van der Waals surface area (Å²) in [6.45, 7) is 0. The van der Waals surface area contributed by atoms with E-state index in [1.807, 2.05) is 0 Å². The molecule has 2 rings (SSSR count). The maximum absolute atomic E-state index is 11.5. The molecule has 1 amide bonds. The lowest BCUT2D eigenvalue weighted by Gasteiger charge is -1.99. The van der Waals surface area contributed by atoms with E-state index in [1.54, 1.807) is 0 Å². The van der Waals surface area contributed by atoms with Crippen molar-refractivity contribution < 1.29 is 4.79 Å². The zero-order valence-corrected chi connectivity index (χ0v) is 8.23. The van der Waals surface area contributed by atoms with Crippen molar-refractivity contribution in [1.29, 1.82) is 0 Å². The molecule has 0 aliphatic carbocycles. The molecule has 0 radical (unpaired) electrons. The maximum Gasteiger partial charge on any atom is 0.276 e. The number of nitrogens with one attached hydrogen (secondary N) is 1. The average molecular weight is 222 g/mol. The Morgan fingerprint density at radius 2 is 2.27 bits per heavy atom. The summed E-state index contributed by atoms with van der Waals surface area (Å²) in [7, 11) is 0. The van der Waals surface area contributed by atoms with Crippen molar-refractivity contribution in [3.8, 4) is 0 Å². The predicted molar refractivity (Wildman–Crippen MR) is 54.3 cm³/mol. The third-order valence-electron chi connectivity index (χ3n) is 1.52. The quantitative estimate of drug-likeness (QED) is 0.749. The van der Waals surface area contributed by atoms with E-state index in [0.717, 1.165) is 11.5 Å². The zero-order chi connectivity index (χ0) is 10.7. The van der Waals surface area contributed by atoms with Crippen LogP contribution in [0.2, 0.25) is 0 Å². The van der Waals surface area contributed by atoms with Crippen LogP contribution in [0.25, 0.3) is 0 Å². The van der Waals surface area contributed by atoms with Crippen molar-refractivity contribution in [3.05, 3.63) is 24.0 Å².